The van der Waals surface area contributed by atoms with Crippen LogP contribution in [0.3, 0.4) is 0 Å². The first-order chi connectivity index (χ1) is 14.3. The van der Waals surface area contributed by atoms with Gasteiger partial charge in [0.2, 0.25) is 0 Å². The predicted octanol–water partition coefficient (Wildman–Crippen LogP) is 5.64. The molecule has 3 aromatic rings. The Morgan fingerprint density at radius 2 is 1.73 bits per heavy atom. The van der Waals surface area contributed by atoms with Gasteiger partial charge in [0.05, 0.1) is 16.0 Å². The lowest BCUT2D eigenvalue weighted by Crippen LogP contribution is -2.26. The van der Waals surface area contributed by atoms with E-state index < -0.39 is 34.0 Å². The SMILES string of the molecule is O=S(c1ccccc1C(F)(F)F)n1cc(C(F)F)c2c(C3CCNCC3)cccc21. The first-order valence-corrected chi connectivity index (χ1v) is 10.6. The Bertz CT molecular complexity index is 1090. The number of nitrogens with zero attached hydrogens (tertiary/aromatic N) is 1. The first-order valence-electron chi connectivity index (χ1n) is 9.50. The molecule has 9 heteroatoms. The van der Waals surface area contributed by atoms with Gasteiger partial charge in [0, 0.05) is 17.1 Å². The summed E-state index contributed by atoms with van der Waals surface area (Å²) in [5.41, 5.74) is -0.379. The van der Waals surface area contributed by atoms with Crippen LogP contribution in [0.5, 0.6) is 0 Å². The summed E-state index contributed by atoms with van der Waals surface area (Å²) in [4.78, 5) is -0.463. The minimum absolute atomic E-state index is 0.0548. The van der Waals surface area contributed by atoms with Gasteiger partial charge >= 0.3 is 6.18 Å². The topological polar surface area (TPSA) is 34.0 Å². The summed E-state index contributed by atoms with van der Waals surface area (Å²) >= 11 is 0. The van der Waals surface area contributed by atoms with Gasteiger partial charge in [-0.25, -0.2) is 13.0 Å². The fourth-order valence-electron chi connectivity index (χ4n) is 4.05. The van der Waals surface area contributed by atoms with E-state index in [2.05, 4.69) is 5.32 Å². The van der Waals surface area contributed by atoms with Gasteiger partial charge in [-0.05, 0) is 55.6 Å². The van der Waals surface area contributed by atoms with Crippen LogP contribution in [0.1, 0.15) is 41.9 Å². The van der Waals surface area contributed by atoms with Crippen LogP contribution in [-0.2, 0) is 17.2 Å². The van der Waals surface area contributed by atoms with Gasteiger partial charge in [0.15, 0.2) is 11.0 Å². The van der Waals surface area contributed by atoms with E-state index in [-0.39, 0.29) is 22.4 Å². The van der Waals surface area contributed by atoms with Gasteiger partial charge in [0.1, 0.15) is 0 Å². The van der Waals surface area contributed by atoms with Crippen LogP contribution in [0.25, 0.3) is 10.9 Å². The van der Waals surface area contributed by atoms with E-state index in [1.165, 1.54) is 18.2 Å². The lowest BCUT2D eigenvalue weighted by atomic mass is 9.87. The molecular weight excluding hydrogens is 423 g/mol. The number of rotatable bonds is 4. The molecule has 160 valence electrons. The molecule has 1 atom stereocenters. The van der Waals surface area contributed by atoms with Crippen molar-refractivity contribution in [2.75, 3.05) is 13.1 Å². The molecule has 1 saturated heterocycles. The molecule has 1 aliphatic heterocycles. The molecular formula is C21H19F5N2OS. The highest BCUT2D eigenvalue weighted by Crippen LogP contribution is 2.40. The Hall–Kier alpha value is -2.26. The molecule has 0 aliphatic carbocycles. The van der Waals surface area contributed by atoms with Gasteiger partial charge in [-0.2, -0.15) is 13.2 Å². The lowest BCUT2D eigenvalue weighted by molar-refractivity contribution is -0.139. The molecule has 1 N–H and O–H groups in total. The number of nitrogens with one attached hydrogen (secondary N) is 1. The van der Waals surface area contributed by atoms with Crippen LogP contribution in [0, 0.1) is 0 Å². The van der Waals surface area contributed by atoms with Crippen LogP contribution in [0.2, 0.25) is 0 Å². The summed E-state index contributed by atoms with van der Waals surface area (Å²) in [6.07, 6.45) is -4.98. The van der Waals surface area contributed by atoms with Gasteiger partial charge in [-0.15, -0.1) is 0 Å². The Morgan fingerprint density at radius 3 is 2.40 bits per heavy atom. The molecule has 0 spiro atoms. The van der Waals surface area contributed by atoms with Crippen molar-refractivity contribution in [2.45, 2.75) is 36.3 Å². The Labute approximate surface area is 172 Å². The number of fused-ring (bicyclic) bond motifs is 1. The number of halogens is 5. The van der Waals surface area contributed by atoms with Crippen LogP contribution >= 0.6 is 0 Å². The molecule has 0 radical (unpaired) electrons. The maximum atomic E-state index is 13.9. The third-order valence-electron chi connectivity index (χ3n) is 5.43. The summed E-state index contributed by atoms with van der Waals surface area (Å²) in [5.74, 6) is 0.0548. The van der Waals surface area contributed by atoms with Crippen molar-refractivity contribution in [2.24, 2.45) is 0 Å². The van der Waals surface area contributed by atoms with Gasteiger partial charge in [0.25, 0.3) is 6.43 Å². The van der Waals surface area contributed by atoms with Crippen molar-refractivity contribution in [3.05, 3.63) is 65.4 Å². The number of hydrogen-bond donors (Lipinski definition) is 1. The molecule has 0 bridgehead atoms. The summed E-state index contributed by atoms with van der Waals surface area (Å²) in [6.45, 7) is 1.52. The molecule has 2 heterocycles. The number of alkyl halides is 5. The van der Waals surface area contributed by atoms with Gasteiger partial charge < -0.3 is 5.32 Å². The van der Waals surface area contributed by atoms with Crippen molar-refractivity contribution in [3.8, 4) is 0 Å². The average molecular weight is 442 g/mol. The second-order valence-corrected chi connectivity index (χ2v) is 8.55. The second-order valence-electron chi connectivity index (χ2n) is 7.22. The summed E-state index contributed by atoms with van der Waals surface area (Å²) in [7, 11) is -2.34. The minimum Gasteiger partial charge on any atom is -0.317 e. The van der Waals surface area contributed by atoms with E-state index in [4.69, 9.17) is 0 Å². The zero-order valence-electron chi connectivity index (χ0n) is 15.8. The monoisotopic (exact) mass is 442 g/mol. The largest absolute Gasteiger partial charge is 0.417 e. The summed E-state index contributed by atoms with van der Waals surface area (Å²) < 4.78 is 82.2. The Morgan fingerprint density at radius 1 is 1.03 bits per heavy atom. The van der Waals surface area contributed by atoms with E-state index in [0.717, 1.165) is 53.8 Å². The van der Waals surface area contributed by atoms with Crippen LogP contribution < -0.4 is 5.32 Å². The maximum Gasteiger partial charge on any atom is 0.417 e. The van der Waals surface area contributed by atoms with E-state index >= 15 is 0 Å². The lowest BCUT2D eigenvalue weighted by Gasteiger charge is -2.24. The molecule has 0 saturated carbocycles. The van der Waals surface area contributed by atoms with Crippen molar-refractivity contribution < 1.29 is 26.2 Å². The molecule has 4 rings (SSSR count). The van der Waals surface area contributed by atoms with Crippen LogP contribution in [0.15, 0.2) is 53.6 Å². The van der Waals surface area contributed by atoms with Crippen molar-refractivity contribution in [1.82, 2.24) is 9.29 Å². The fourth-order valence-corrected chi connectivity index (χ4v) is 5.37. The number of hydrogen-bond acceptors (Lipinski definition) is 2. The zero-order chi connectivity index (χ0) is 21.5. The van der Waals surface area contributed by atoms with E-state index in [9.17, 15) is 26.2 Å². The van der Waals surface area contributed by atoms with Gasteiger partial charge in [-0.1, -0.05) is 24.3 Å². The third-order valence-corrected chi connectivity index (χ3v) is 6.82. The molecule has 2 aromatic carbocycles. The second kappa shape index (κ2) is 8.11. The number of piperidine rings is 1. The van der Waals surface area contributed by atoms with Crippen LogP contribution in [0.4, 0.5) is 22.0 Å². The van der Waals surface area contributed by atoms with Crippen LogP contribution in [-0.4, -0.2) is 21.3 Å². The molecule has 30 heavy (non-hydrogen) atoms. The van der Waals surface area contributed by atoms with E-state index in [0.29, 0.717) is 0 Å². The minimum atomic E-state index is -4.71. The summed E-state index contributed by atoms with van der Waals surface area (Å²) in [5, 5.41) is 3.52. The summed E-state index contributed by atoms with van der Waals surface area (Å²) in [6, 6.07) is 9.50. The molecule has 3 nitrogen and oxygen atoms in total. The van der Waals surface area contributed by atoms with Crippen molar-refractivity contribution in [1.29, 1.82) is 0 Å². The highest BCUT2D eigenvalue weighted by Gasteiger charge is 2.35. The third kappa shape index (κ3) is 3.76. The van der Waals surface area contributed by atoms with Crippen molar-refractivity contribution >= 4 is 21.9 Å². The predicted molar refractivity (Wildman–Crippen MR) is 105 cm³/mol. The molecule has 0 amide bonds. The quantitative estimate of drug-likeness (QED) is 0.531. The van der Waals surface area contributed by atoms with Gasteiger partial charge in [-0.3, -0.25) is 3.97 Å². The molecule has 1 fully saturated rings. The molecule has 1 aliphatic rings. The highest BCUT2D eigenvalue weighted by molar-refractivity contribution is 7.83. The number of benzene rings is 2. The maximum absolute atomic E-state index is 13.9. The highest BCUT2D eigenvalue weighted by atomic mass is 32.2. The number of aromatic nitrogens is 1. The fraction of sp³-hybridized carbons (Fsp3) is 0.333. The molecule has 1 aromatic heterocycles. The van der Waals surface area contributed by atoms with Crippen molar-refractivity contribution in [3.63, 3.8) is 0 Å². The average Bonchev–Trinajstić information content (AvgIpc) is 3.13. The smallest absolute Gasteiger partial charge is 0.317 e. The van der Waals surface area contributed by atoms with E-state index in [1.807, 2.05) is 0 Å². The normalized spacial score (nSPS) is 17.0. The molecule has 1 unspecified atom stereocenters. The first kappa shape index (κ1) is 21.0. The Balaban J connectivity index is 1.90. The zero-order valence-corrected chi connectivity index (χ0v) is 16.6. The van der Waals surface area contributed by atoms with E-state index in [1.54, 1.807) is 12.1 Å². The standard InChI is InChI=1S/C21H19F5N2OS/c22-20(23)15-12-28(30(29)18-7-2-1-5-16(18)21(24,25)26)17-6-3-4-14(19(15)17)13-8-10-27-11-9-13/h1-7,12-13,20,27H,8-11H2. The Kier molecular flexibility index (Phi) is 5.67.